The highest BCUT2D eigenvalue weighted by Crippen LogP contribution is 2.29. The SMILES string of the molecule is Cc1ccc(Nc2ccc3c(c2)ncn3-c2ccc(C(C)O)c(O[C@H]3CCN(C(=O)OC(C)(C)C)C3)n2)nn1. The van der Waals surface area contributed by atoms with Crippen LogP contribution in [0.5, 0.6) is 5.88 Å². The lowest BCUT2D eigenvalue weighted by molar-refractivity contribution is 0.0274. The van der Waals surface area contributed by atoms with Gasteiger partial charge in [-0.2, -0.15) is 10.1 Å². The molecule has 11 nitrogen and oxygen atoms in total. The fraction of sp³-hybridized carbons (Fsp3) is 0.393. The molecule has 204 valence electrons. The number of fused-ring (bicyclic) bond motifs is 1. The monoisotopic (exact) mass is 531 g/mol. The fourth-order valence-corrected chi connectivity index (χ4v) is 4.35. The second-order valence-corrected chi connectivity index (χ2v) is 10.7. The van der Waals surface area contributed by atoms with E-state index in [1.54, 1.807) is 24.2 Å². The summed E-state index contributed by atoms with van der Waals surface area (Å²) in [5.41, 5.74) is 3.32. The summed E-state index contributed by atoms with van der Waals surface area (Å²) < 4.78 is 13.6. The molecule has 0 saturated carbocycles. The largest absolute Gasteiger partial charge is 0.472 e. The number of amides is 1. The molecule has 2 atom stereocenters. The van der Waals surface area contributed by atoms with Crippen molar-refractivity contribution in [2.24, 2.45) is 0 Å². The third kappa shape index (κ3) is 6.09. The van der Waals surface area contributed by atoms with Crippen LogP contribution in [0.1, 0.15) is 51.5 Å². The molecule has 1 fully saturated rings. The standard InChI is InChI=1S/C28H33N7O4/c1-17-6-10-24(33-32-17)30-19-7-9-23-22(14-19)29-16-35(23)25-11-8-21(18(2)36)26(31-25)38-20-12-13-34(15-20)27(37)39-28(3,4)5/h6-11,14,16,18,20,36H,12-13,15H2,1-5H3,(H,30,33)/t18?,20-/m0/s1. The van der Waals surface area contributed by atoms with Crippen LogP contribution in [0.2, 0.25) is 0 Å². The lowest BCUT2D eigenvalue weighted by Gasteiger charge is -2.24. The number of aromatic nitrogens is 5. The lowest BCUT2D eigenvalue weighted by Crippen LogP contribution is -2.36. The van der Waals surface area contributed by atoms with E-state index in [4.69, 9.17) is 14.5 Å². The number of hydrogen-bond acceptors (Lipinski definition) is 9. The zero-order chi connectivity index (χ0) is 27.7. The van der Waals surface area contributed by atoms with Crippen LogP contribution in [-0.4, -0.2) is 65.6 Å². The van der Waals surface area contributed by atoms with Crippen LogP contribution in [0.15, 0.2) is 48.8 Å². The Hall–Kier alpha value is -4.25. The number of hydrogen-bond donors (Lipinski definition) is 2. The number of ether oxygens (including phenoxy) is 2. The number of carbonyl (C=O) groups excluding carboxylic acids is 1. The van der Waals surface area contributed by atoms with E-state index in [-0.39, 0.29) is 12.2 Å². The number of anilines is 2. The molecule has 1 aliphatic heterocycles. The quantitative estimate of drug-likeness (QED) is 0.364. The summed E-state index contributed by atoms with van der Waals surface area (Å²) >= 11 is 0. The minimum atomic E-state index is -0.775. The van der Waals surface area contributed by atoms with Crippen molar-refractivity contribution in [1.29, 1.82) is 0 Å². The highest BCUT2D eigenvalue weighted by molar-refractivity contribution is 5.82. The maximum atomic E-state index is 12.5. The molecule has 0 radical (unpaired) electrons. The highest BCUT2D eigenvalue weighted by atomic mass is 16.6. The lowest BCUT2D eigenvalue weighted by atomic mass is 10.1. The molecule has 5 rings (SSSR count). The molecule has 1 unspecified atom stereocenters. The van der Waals surface area contributed by atoms with Gasteiger partial charge in [-0.1, -0.05) is 0 Å². The van der Waals surface area contributed by atoms with E-state index >= 15 is 0 Å². The molecule has 4 heterocycles. The number of rotatable bonds is 6. The first-order valence-electron chi connectivity index (χ1n) is 12.9. The van der Waals surface area contributed by atoms with Gasteiger partial charge in [0.1, 0.15) is 23.9 Å². The van der Waals surface area contributed by atoms with E-state index in [9.17, 15) is 9.90 Å². The Morgan fingerprint density at radius 3 is 2.69 bits per heavy atom. The van der Waals surface area contributed by atoms with Crippen LogP contribution in [0, 0.1) is 6.92 Å². The zero-order valence-corrected chi connectivity index (χ0v) is 22.8. The van der Waals surface area contributed by atoms with E-state index in [1.807, 2.05) is 68.7 Å². The normalized spacial score (nSPS) is 16.4. The van der Waals surface area contributed by atoms with Gasteiger partial charge in [-0.05, 0) is 77.1 Å². The van der Waals surface area contributed by atoms with Gasteiger partial charge in [-0.15, -0.1) is 5.10 Å². The minimum absolute atomic E-state index is 0.268. The summed E-state index contributed by atoms with van der Waals surface area (Å²) in [6, 6.07) is 13.2. The van der Waals surface area contributed by atoms with Crippen LogP contribution < -0.4 is 10.1 Å². The van der Waals surface area contributed by atoms with Gasteiger partial charge in [0.2, 0.25) is 5.88 Å². The van der Waals surface area contributed by atoms with Gasteiger partial charge in [0, 0.05) is 24.2 Å². The average Bonchev–Trinajstić information content (AvgIpc) is 3.51. The molecule has 0 bridgehead atoms. The number of pyridine rings is 1. The summed E-state index contributed by atoms with van der Waals surface area (Å²) in [6.45, 7) is 10.00. The van der Waals surface area contributed by atoms with Crippen LogP contribution in [0.25, 0.3) is 16.9 Å². The molecule has 2 N–H and O–H groups in total. The Kier molecular flexibility index (Phi) is 7.09. The molecule has 1 aliphatic rings. The van der Waals surface area contributed by atoms with Crippen molar-refractivity contribution in [3.63, 3.8) is 0 Å². The van der Waals surface area contributed by atoms with Crippen LogP contribution >= 0.6 is 0 Å². The van der Waals surface area contributed by atoms with Crippen molar-refractivity contribution in [1.82, 2.24) is 29.6 Å². The van der Waals surface area contributed by atoms with Crippen molar-refractivity contribution in [2.75, 3.05) is 18.4 Å². The van der Waals surface area contributed by atoms with Gasteiger partial charge in [0.05, 0.1) is 29.4 Å². The summed E-state index contributed by atoms with van der Waals surface area (Å²) in [6.07, 6.45) is 0.936. The van der Waals surface area contributed by atoms with Gasteiger partial charge in [-0.3, -0.25) is 4.57 Å². The zero-order valence-electron chi connectivity index (χ0n) is 22.8. The molecule has 1 aromatic carbocycles. The smallest absolute Gasteiger partial charge is 0.410 e. The number of carbonyl (C=O) groups is 1. The minimum Gasteiger partial charge on any atom is -0.472 e. The van der Waals surface area contributed by atoms with Crippen molar-refractivity contribution >= 4 is 28.6 Å². The van der Waals surface area contributed by atoms with Crippen molar-refractivity contribution in [3.05, 3.63) is 60.0 Å². The molecule has 1 saturated heterocycles. The number of aryl methyl sites for hydroxylation is 1. The number of aliphatic hydroxyl groups excluding tert-OH is 1. The summed E-state index contributed by atoms with van der Waals surface area (Å²) in [4.78, 5) is 23.4. The van der Waals surface area contributed by atoms with Crippen LogP contribution in [-0.2, 0) is 4.74 Å². The Balaban J connectivity index is 1.36. The summed E-state index contributed by atoms with van der Waals surface area (Å²) in [7, 11) is 0. The van der Waals surface area contributed by atoms with Crippen LogP contribution in [0.3, 0.4) is 0 Å². The Morgan fingerprint density at radius 2 is 1.97 bits per heavy atom. The van der Waals surface area contributed by atoms with E-state index in [0.717, 1.165) is 22.4 Å². The van der Waals surface area contributed by atoms with E-state index < -0.39 is 11.7 Å². The van der Waals surface area contributed by atoms with Crippen molar-refractivity contribution in [2.45, 2.75) is 58.8 Å². The second kappa shape index (κ2) is 10.5. The maximum absolute atomic E-state index is 12.5. The second-order valence-electron chi connectivity index (χ2n) is 10.7. The molecule has 4 aromatic rings. The van der Waals surface area contributed by atoms with E-state index in [0.29, 0.717) is 42.6 Å². The number of likely N-dealkylation sites (tertiary alicyclic amines) is 1. The highest BCUT2D eigenvalue weighted by Gasteiger charge is 2.32. The molecular weight excluding hydrogens is 498 g/mol. The van der Waals surface area contributed by atoms with Crippen molar-refractivity contribution in [3.8, 4) is 11.7 Å². The third-order valence-corrected chi connectivity index (χ3v) is 6.26. The number of nitrogens with zero attached hydrogens (tertiary/aromatic N) is 6. The number of nitrogens with one attached hydrogen (secondary N) is 1. The average molecular weight is 532 g/mol. The van der Waals surface area contributed by atoms with Crippen molar-refractivity contribution < 1.29 is 19.4 Å². The molecule has 3 aromatic heterocycles. The number of aliphatic hydroxyl groups is 1. The molecule has 11 heteroatoms. The topological polar surface area (TPSA) is 128 Å². The first kappa shape index (κ1) is 26.4. The Morgan fingerprint density at radius 1 is 1.15 bits per heavy atom. The van der Waals surface area contributed by atoms with Gasteiger partial charge in [0.15, 0.2) is 5.82 Å². The van der Waals surface area contributed by atoms with Gasteiger partial charge in [0.25, 0.3) is 0 Å². The molecule has 1 amide bonds. The van der Waals surface area contributed by atoms with Gasteiger partial charge < -0.3 is 24.8 Å². The molecule has 0 aliphatic carbocycles. The molecule has 0 spiro atoms. The first-order valence-corrected chi connectivity index (χ1v) is 12.9. The summed E-state index contributed by atoms with van der Waals surface area (Å²) in [5, 5.41) is 21.8. The fourth-order valence-electron chi connectivity index (χ4n) is 4.35. The Labute approximate surface area is 226 Å². The van der Waals surface area contributed by atoms with Gasteiger partial charge in [-0.25, -0.2) is 9.78 Å². The summed E-state index contributed by atoms with van der Waals surface area (Å²) in [5.74, 6) is 1.58. The number of benzene rings is 1. The van der Waals surface area contributed by atoms with Crippen LogP contribution in [0.4, 0.5) is 16.3 Å². The maximum Gasteiger partial charge on any atom is 0.410 e. The first-order chi connectivity index (χ1) is 18.6. The van der Waals surface area contributed by atoms with E-state index in [1.165, 1.54) is 0 Å². The molecule has 39 heavy (non-hydrogen) atoms. The third-order valence-electron chi connectivity index (χ3n) is 6.26. The Bertz CT molecular complexity index is 1480. The predicted octanol–water partition coefficient (Wildman–Crippen LogP) is 4.70. The van der Waals surface area contributed by atoms with E-state index in [2.05, 4.69) is 20.5 Å². The molecular formula is C28H33N7O4. The van der Waals surface area contributed by atoms with Gasteiger partial charge >= 0.3 is 6.09 Å². The predicted molar refractivity (Wildman–Crippen MR) is 146 cm³/mol. The number of imidazole rings is 1.